The quantitative estimate of drug-likeness (QED) is 0.541. The maximum absolute atomic E-state index is 13.4. The van der Waals surface area contributed by atoms with Gasteiger partial charge in [0.25, 0.3) is 0 Å². The molecule has 0 aliphatic carbocycles. The van der Waals surface area contributed by atoms with Gasteiger partial charge in [-0.1, -0.05) is 12.1 Å². The van der Waals surface area contributed by atoms with E-state index < -0.39 is 0 Å². The summed E-state index contributed by atoms with van der Waals surface area (Å²) >= 11 is 1.73. The molecule has 178 valence electrons. The molecule has 7 nitrogen and oxygen atoms in total. The number of hydrogen-bond donors (Lipinski definition) is 0. The van der Waals surface area contributed by atoms with Crippen molar-refractivity contribution in [3.05, 3.63) is 70.0 Å². The van der Waals surface area contributed by atoms with Gasteiger partial charge in [-0.05, 0) is 53.3 Å². The number of thiophene rings is 1. The predicted octanol–water partition coefficient (Wildman–Crippen LogP) is 3.46. The number of hydrogen-bond acceptors (Lipinski definition) is 7. The van der Waals surface area contributed by atoms with Gasteiger partial charge in [-0.25, -0.2) is 4.98 Å². The van der Waals surface area contributed by atoms with Gasteiger partial charge in [-0.15, -0.1) is 11.3 Å². The first-order valence-corrected chi connectivity index (χ1v) is 12.5. The molecule has 1 aromatic carbocycles. The number of piperazine rings is 1. The van der Waals surface area contributed by atoms with Gasteiger partial charge in [0, 0.05) is 43.8 Å². The first-order valence-electron chi connectivity index (χ1n) is 11.6. The second kappa shape index (κ2) is 10.0. The van der Waals surface area contributed by atoms with Gasteiger partial charge >= 0.3 is 0 Å². The molecule has 3 aromatic rings. The van der Waals surface area contributed by atoms with Gasteiger partial charge in [0.15, 0.2) is 11.5 Å². The molecule has 1 amide bonds. The number of carbonyl (C=O) groups excluding carboxylic acids is 1. The van der Waals surface area contributed by atoms with E-state index in [1.54, 1.807) is 25.6 Å². The normalized spacial score (nSPS) is 18.5. The Morgan fingerprint density at radius 2 is 1.82 bits per heavy atom. The minimum Gasteiger partial charge on any atom is -0.493 e. The third kappa shape index (κ3) is 4.48. The molecule has 34 heavy (non-hydrogen) atoms. The zero-order valence-corrected chi connectivity index (χ0v) is 20.5. The molecule has 2 aliphatic rings. The smallest absolute Gasteiger partial charge is 0.236 e. The average Bonchev–Trinajstić information content (AvgIpc) is 3.43. The van der Waals surface area contributed by atoms with Crippen LogP contribution in [0, 0.1) is 0 Å². The number of benzene rings is 1. The average molecular weight is 479 g/mol. The molecule has 1 unspecified atom stereocenters. The van der Waals surface area contributed by atoms with Crippen molar-refractivity contribution in [3.63, 3.8) is 0 Å². The van der Waals surface area contributed by atoms with Crippen molar-refractivity contribution >= 4 is 23.1 Å². The molecule has 0 N–H and O–H groups in total. The Morgan fingerprint density at radius 3 is 2.50 bits per heavy atom. The van der Waals surface area contributed by atoms with Crippen LogP contribution in [0.15, 0.2) is 54.0 Å². The number of fused-ring (bicyclic) bond motifs is 1. The van der Waals surface area contributed by atoms with Crippen LogP contribution in [-0.4, -0.2) is 74.2 Å². The van der Waals surface area contributed by atoms with E-state index in [0.29, 0.717) is 19.6 Å². The van der Waals surface area contributed by atoms with Crippen LogP contribution < -0.4 is 14.4 Å². The minimum absolute atomic E-state index is 0.0299. The van der Waals surface area contributed by atoms with Gasteiger partial charge in [0.1, 0.15) is 5.82 Å². The number of methoxy groups -OCH3 is 2. The number of ether oxygens (including phenoxy) is 2. The van der Waals surface area contributed by atoms with Crippen LogP contribution >= 0.6 is 11.3 Å². The Bertz CT molecular complexity index is 1110. The van der Waals surface area contributed by atoms with Crippen LogP contribution in [-0.2, 0) is 11.2 Å². The SMILES string of the molecule is COc1cc2c(cc1OC)C(c1cccs1)N(CC(=O)N1CCN(c3ccccn3)CC1)CC2. The molecule has 1 saturated heterocycles. The number of nitrogens with zero attached hydrogens (tertiary/aromatic N) is 4. The molecule has 2 aromatic heterocycles. The zero-order valence-electron chi connectivity index (χ0n) is 19.6. The highest BCUT2D eigenvalue weighted by Gasteiger charge is 2.33. The van der Waals surface area contributed by atoms with E-state index in [1.807, 2.05) is 29.3 Å². The van der Waals surface area contributed by atoms with E-state index in [9.17, 15) is 4.79 Å². The number of amides is 1. The maximum atomic E-state index is 13.4. The standard InChI is InChI=1S/C26H30N4O3S/c1-32-21-16-19-8-10-30(26(23-6-5-15-34-23)20(19)17-22(21)33-2)18-25(31)29-13-11-28(12-14-29)24-7-3-4-9-27-24/h3-7,9,15-17,26H,8,10-14,18H2,1-2H3. The third-order valence-corrected chi connectivity index (χ3v) is 7.65. The number of anilines is 1. The van der Waals surface area contributed by atoms with E-state index >= 15 is 0 Å². The lowest BCUT2D eigenvalue weighted by Gasteiger charge is -2.40. The summed E-state index contributed by atoms with van der Waals surface area (Å²) in [5, 5.41) is 2.10. The fourth-order valence-corrected chi connectivity index (χ4v) is 5.82. The summed E-state index contributed by atoms with van der Waals surface area (Å²) < 4.78 is 11.1. The van der Waals surface area contributed by atoms with Crippen LogP contribution in [0.25, 0.3) is 0 Å². The molecule has 0 radical (unpaired) electrons. The van der Waals surface area contributed by atoms with Gasteiger partial charge in [-0.3, -0.25) is 9.69 Å². The van der Waals surface area contributed by atoms with Crippen molar-refractivity contribution in [2.24, 2.45) is 0 Å². The highest BCUT2D eigenvalue weighted by atomic mass is 32.1. The lowest BCUT2D eigenvalue weighted by atomic mass is 9.90. The fourth-order valence-electron chi connectivity index (χ4n) is 4.95. The van der Waals surface area contributed by atoms with Gasteiger partial charge in [0.05, 0.1) is 26.8 Å². The van der Waals surface area contributed by atoms with Crippen LogP contribution in [0.3, 0.4) is 0 Å². The van der Waals surface area contributed by atoms with Gasteiger partial charge in [-0.2, -0.15) is 0 Å². The van der Waals surface area contributed by atoms with E-state index in [2.05, 4.69) is 44.4 Å². The molecule has 1 atom stereocenters. The van der Waals surface area contributed by atoms with Gasteiger partial charge < -0.3 is 19.3 Å². The Labute approximate surface area is 204 Å². The second-order valence-electron chi connectivity index (χ2n) is 8.60. The highest BCUT2D eigenvalue weighted by Crippen LogP contribution is 2.42. The molecular weight excluding hydrogens is 448 g/mol. The summed E-state index contributed by atoms with van der Waals surface area (Å²) in [5.74, 6) is 2.64. The predicted molar refractivity (Wildman–Crippen MR) is 134 cm³/mol. The molecule has 1 fully saturated rings. The summed E-state index contributed by atoms with van der Waals surface area (Å²) in [6.07, 6.45) is 2.69. The minimum atomic E-state index is 0.0299. The van der Waals surface area contributed by atoms with Crippen LogP contribution in [0.2, 0.25) is 0 Å². The van der Waals surface area contributed by atoms with Gasteiger partial charge in [0.2, 0.25) is 5.91 Å². The second-order valence-corrected chi connectivity index (χ2v) is 9.58. The van der Waals surface area contributed by atoms with Crippen molar-refractivity contribution in [1.82, 2.24) is 14.8 Å². The summed E-state index contributed by atoms with van der Waals surface area (Å²) in [6.45, 7) is 4.27. The van der Waals surface area contributed by atoms with E-state index in [-0.39, 0.29) is 11.9 Å². The Hall–Kier alpha value is -3.10. The molecule has 5 rings (SSSR count). The number of pyridine rings is 1. The highest BCUT2D eigenvalue weighted by molar-refractivity contribution is 7.10. The maximum Gasteiger partial charge on any atom is 0.236 e. The summed E-state index contributed by atoms with van der Waals surface area (Å²) in [4.78, 5) is 25.6. The fraction of sp³-hybridized carbons (Fsp3) is 0.385. The van der Waals surface area contributed by atoms with Crippen LogP contribution in [0.1, 0.15) is 22.0 Å². The molecule has 4 heterocycles. The lowest BCUT2D eigenvalue weighted by molar-refractivity contribution is -0.133. The van der Waals surface area contributed by atoms with Crippen molar-refractivity contribution < 1.29 is 14.3 Å². The van der Waals surface area contributed by atoms with Crippen LogP contribution in [0.4, 0.5) is 5.82 Å². The Balaban J connectivity index is 1.33. The van der Waals surface area contributed by atoms with E-state index in [0.717, 1.165) is 43.4 Å². The zero-order chi connectivity index (χ0) is 23.5. The van der Waals surface area contributed by atoms with Crippen molar-refractivity contribution in [3.8, 4) is 11.5 Å². The van der Waals surface area contributed by atoms with E-state index in [1.165, 1.54) is 16.0 Å². The number of rotatable bonds is 6. The largest absolute Gasteiger partial charge is 0.493 e. The molecule has 8 heteroatoms. The summed E-state index contributed by atoms with van der Waals surface area (Å²) in [5.41, 5.74) is 2.45. The van der Waals surface area contributed by atoms with Crippen molar-refractivity contribution in [2.75, 3.05) is 58.4 Å². The van der Waals surface area contributed by atoms with Crippen molar-refractivity contribution in [1.29, 1.82) is 0 Å². The summed E-state index contributed by atoms with van der Waals surface area (Å²) in [6, 6.07) is 14.4. The number of carbonyl (C=O) groups is 1. The van der Waals surface area contributed by atoms with Crippen molar-refractivity contribution in [2.45, 2.75) is 12.5 Å². The topological polar surface area (TPSA) is 58.1 Å². The Kier molecular flexibility index (Phi) is 6.69. The number of aromatic nitrogens is 1. The molecular formula is C26H30N4O3S. The Morgan fingerprint density at radius 1 is 1.03 bits per heavy atom. The van der Waals surface area contributed by atoms with Crippen LogP contribution in [0.5, 0.6) is 11.5 Å². The first kappa shape index (κ1) is 22.7. The van der Waals surface area contributed by atoms with E-state index in [4.69, 9.17) is 9.47 Å². The molecule has 0 spiro atoms. The first-order chi connectivity index (χ1) is 16.7. The lowest BCUT2D eigenvalue weighted by Crippen LogP contribution is -2.52. The third-order valence-electron chi connectivity index (χ3n) is 6.73. The molecule has 0 saturated carbocycles. The molecule has 0 bridgehead atoms. The molecule has 2 aliphatic heterocycles. The monoisotopic (exact) mass is 478 g/mol. The summed E-state index contributed by atoms with van der Waals surface area (Å²) in [7, 11) is 3.33.